The van der Waals surface area contributed by atoms with E-state index in [1.54, 1.807) is 11.6 Å². The molecule has 3 rings (SSSR count). The number of benzene rings is 1. The van der Waals surface area contributed by atoms with Crippen LogP contribution >= 0.6 is 0 Å². The molecule has 5 heteroatoms. The van der Waals surface area contributed by atoms with E-state index >= 15 is 0 Å². The number of aromatic nitrogens is 2. The Bertz CT molecular complexity index is 802. The number of hydrogen-bond acceptors (Lipinski definition) is 3. The van der Waals surface area contributed by atoms with E-state index in [4.69, 9.17) is 0 Å². The molecule has 0 bridgehead atoms. The molecule has 1 aromatic carbocycles. The van der Waals surface area contributed by atoms with Crippen molar-refractivity contribution in [1.82, 2.24) is 9.13 Å². The number of nitrogens with zero attached hydrogens (tertiary/aromatic N) is 3. The van der Waals surface area contributed by atoms with E-state index in [1.807, 2.05) is 31.2 Å². The van der Waals surface area contributed by atoms with Gasteiger partial charge in [0.05, 0.1) is 5.56 Å². The van der Waals surface area contributed by atoms with Gasteiger partial charge in [0.2, 0.25) is 0 Å². The van der Waals surface area contributed by atoms with E-state index in [0.29, 0.717) is 5.56 Å². The van der Waals surface area contributed by atoms with E-state index in [1.165, 1.54) is 11.6 Å². The molecule has 0 amide bonds. The van der Waals surface area contributed by atoms with E-state index < -0.39 is 0 Å². The van der Waals surface area contributed by atoms with Crippen molar-refractivity contribution in [2.45, 2.75) is 13.5 Å². The lowest BCUT2D eigenvalue weighted by Crippen LogP contribution is -2.43. The summed E-state index contributed by atoms with van der Waals surface area (Å²) in [6.45, 7) is 3.50. The van der Waals surface area contributed by atoms with Crippen LogP contribution in [0.25, 0.3) is 11.1 Å². The Morgan fingerprint density at radius 3 is 2.50 bits per heavy atom. The third-order valence-corrected chi connectivity index (χ3v) is 3.96. The van der Waals surface area contributed by atoms with Gasteiger partial charge in [-0.2, -0.15) is 0 Å². The molecule has 0 aliphatic carbocycles. The number of fused-ring (bicyclic) bond motifs is 3. The summed E-state index contributed by atoms with van der Waals surface area (Å²) in [4.78, 5) is 26.7. The highest BCUT2D eigenvalue weighted by Crippen LogP contribution is 2.35. The first kappa shape index (κ1) is 12.7. The van der Waals surface area contributed by atoms with Crippen molar-refractivity contribution >= 4 is 5.82 Å². The normalized spacial score (nSPS) is 13.1. The minimum Gasteiger partial charge on any atom is -0.353 e. The summed E-state index contributed by atoms with van der Waals surface area (Å²) in [5, 5.41) is 0. The van der Waals surface area contributed by atoms with Gasteiger partial charge in [-0.1, -0.05) is 24.3 Å². The Balaban J connectivity index is 2.49. The fraction of sp³-hybridized carbons (Fsp3) is 0.333. The molecule has 1 aromatic heterocycles. The largest absolute Gasteiger partial charge is 0.353 e. The lowest BCUT2D eigenvalue weighted by molar-refractivity contribution is 0.656. The third kappa shape index (κ3) is 1.56. The summed E-state index contributed by atoms with van der Waals surface area (Å²) in [6, 6.07) is 7.89. The van der Waals surface area contributed by atoms with Crippen molar-refractivity contribution in [1.29, 1.82) is 0 Å². The second kappa shape index (κ2) is 4.37. The Kier molecular flexibility index (Phi) is 2.78. The Morgan fingerprint density at radius 2 is 1.80 bits per heavy atom. The summed E-state index contributed by atoms with van der Waals surface area (Å²) < 4.78 is 2.74. The fourth-order valence-electron chi connectivity index (χ4n) is 2.88. The molecule has 1 aliphatic rings. The quantitative estimate of drug-likeness (QED) is 0.780. The van der Waals surface area contributed by atoms with Crippen LogP contribution in [0, 0.1) is 0 Å². The Hall–Kier alpha value is -2.30. The molecule has 0 radical (unpaired) electrons. The van der Waals surface area contributed by atoms with Gasteiger partial charge in [0, 0.05) is 27.2 Å². The maximum Gasteiger partial charge on any atom is 0.332 e. The van der Waals surface area contributed by atoms with Crippen LogP contribution in [0.2, 0.25) is 0 Å². The molecule has 2 heterocycles. The summed E-state index contributed by atoms with van der Waals surface area (Å²) >= 11 is 0. The van der Waals surface area contributed by atoms with Gasteiger partial charge in [-0.3, -0.25) is 13.9 Å². The van der Waals surface area contributed by atoms with Crippen LogP contribution in [0.5, 0.6) is 0 Å². The maximum atomic E-state index is 12.5. The van der Waals surface area contributed by atoms with Gasteiger partial charge in [0.15, 0.2) is 0 Å². The molecule has 0 saturated carbocycles. The van der Waals surface area contributed by atoms with Gasteiger partial charge in [0.25, 0.3) is 5.56 Å². The van der Waals surface area contributed by atoms with Crippen LogP contribution in [0.1, 0.15) is 12.5 Å². The van der Waals surface area contributed by atoms with Crippen molar-refractivity contribution < 1.29 is 0 Å². The molecule has 0 saturated heterocycles. The molecule has 20 heavy (non-hydrogen) atoms. The van der Waals surface area contributed by atoms with Gasteiger partial charge >= 0.3 is 5.69 Å². The van der Waals surface area contributed by atoms with Gasteiger partial charge in [-0.05, 0) is 18.1 Å². The van der Waals surface area contributed by atoms with Crippen LogP contribution < -0.4 is 16.1 Å². The monoisotopic (exact) mass is 271 g/mol. The lowest BCUT2D eigenvalue weighted by atomic mass is 9.96. The molecule has 5 nitrogen and oxygen atoms in total. The average molecular weight is 271 g/mol. The molecule has 1 aliphatic heterocycles. The molecule has 0 N–H and O–H groups in total. The minimum absolute atomic E-state index is 0.228. The summed E-state index contributed by atoms with van der Waals surface area (Å²) in [5.41, 5.74) is 2.17. The summed E-state index contributed by atoms with van der Waals surface area (Å²) in [7, 11) is 3.25. The standard InChI is InChI=1S/C15H17N3O2/c1-4-18-9-10-7-5-6-8-11(10)12-13(18)16(2)15(20)17(3)14(12)19/h5-8H,4,9H2,1-3H3. The summed E-state index contributed by atoms with van der Waals surface area (Å²) in [5.74, 6) is 0.722. The minimum atomic E-state index is -0.286. The third-order valence-electron chi connectivity index (χ3n) is 3.96. The van der Waals surface area contributed by atoms with E-state index in [0.717, 1.165) is 30.0 Å². The van der Waals surface area contributed by atoms with Crippen molar-refractivity contribution in [3.05, 3.63) is 50.7 Å². The van der Waals surface area contributed by atoms with Crippen LogP contribution in [-0.2, 0) is 20.6 Å². The Labute approximate surface area is 116 Å². The van der Waals surface area contributed by atoms with Gasteiger partial charge in [-0.25, -0.2) is 4.79 Å². The predicted octanol–water partition coefficient (Wildman–Crippen LogP) is 1.09. The van der Waals surface area contributed by atoms with Gasteiger partial charge < -0.3 is 4.90 Å². The zero-order valence-electron chi connectivity index (χ0n) is 11.9. The molecule has 0 atom stereocenters. The highest BCUT2D eigenvalue weighted by molar-refractivity contribution is 5.80. The van der Waals surface area contributed by atoms with Crippen molar-refractivity contribution in [2.75, 3.05) is 11.4 Å². The van der Waals surface area contributed by atoms with Crippen molar-refractivity contribution in [3.8, 4) is 11.1 Å². The van der Waals surface area contributed by atoms with E-state index in [2.05, 4.69) is 4.90 Å². The van der Waals surface area contributed by atoms with Crippen LogP contribution in [0.15, 0.2) is 33.9 Å². The average Bonchev–Trinajstić information content (AvgIpc) is 2.48. The van der Waals surface area contributed by atoms with Gasteiger partial charge in [0.1, 0.15) is 5.82 Å². The first-order valence-corrected chi connectivity index (χ1v) is 6.69. The number of hydrogen-bond donors (Lipinski definition) is 0. The second-order valence-electron chi connectivity index (χ2n) is 5.08. The molecular weight excluding hydrogens is 254 g/mol. The highest BCUT2D eigenvalue weighted by atomic mass is 16.2. The lowest BCUT2D eigenvalue weighted by Gasteiger charge is -2.32. The molecule has 2 aromatic rings. The SMILES string of the molecule is CCN1Cc2ccccc2-c2c1n(C)c(=O)n(C)c2=O. The van der Waals surface area contributed by atoms with E-state index in [-0.39, 0.29) is 11.2 Å². The van der Waals surface area contributed by atoms with Crippen molar-refractivity contribution in [3.63, 3.8) is 0 Å². The molecular formula is C15H17N3O2. The number of rotatable bonds is 1. The van der Waals surface area contributed by atoms with E-state index in [9.17, 15) is 9.59 Å². The molecule has 0 spiro atoms. The van der Waals surface area contributed by atoms with Crippen LogP contribution in [0.3, 0.4) is 0 Å². The molecule has 104 valence electrons. The predicted molar refractivity (Wildman–Crippen MR) is 79.1 cm³/mol. The van der Waals surface area contributed by atoms with Crippen LogP contribution in [-0.4, -0.2) is 15.7 Å². The first-order chi connectivity index (χ1) is 9.56. The van der Waals surface area contributed by atoms with Crippen molar-refractivity contribution in [2.24, 2.45) is 14.1 Å². The first-order valence-electron chi connectivity index (χ1n) is 6.69. The second-order valence-corrected chi connectivity index (χ2v) is 5.08. The molecule has 0 unspecified atom stereocenters. The summed E-state index contributed by atoms with van der Waals surface area (Å²) in [6.07, 6.45) is 0. The fourth-order valence-corrected chi connectivity index (χ4v) is 2.88. The topological polar surface area (TPSA) is 47.2 Å². The highest BCUT2D eigenvalue weighted by Gasteiger charge is 2.27. The number of anilines is 1. The maximum absolute atomic E-state index is 12.5. The van der Waals surface area contributed by atoms with Crippen LogP contribution in [0.4, 0.5) is 5.82 Å². The zero-order chi connectivity index (χ0) is 14.4. The zero-order valence-corrected chi connectivity index (χ0v) is 11.9. The Morgan fingerprint density at radius 1 is 1.10 bits per heavy atom. The van der Waals surface area contributed by atoms with Gasteiger partial charge in [-0.15, -0.1) is 0 Å². The molecule has 0 fully saturated rings. The smallest absolute Gasteiger partial charge is 0.332 e.